The Hall–Kier alpha value is -2.38. The number of hydrogen-bond donors (Lipinski definition) is 3. The van der Waals surface area contributed by atoms with Gasteiger partial charge in [-0.2, -0.15) is 16.4 Å². The van der Waals surface area contributed by atoms with Gasteiger partial charge in [0, 0.05) is 25.1 Å². The molecule has 0 saturated carbocycles. The van der Waals surface area contributed by atoms with Gasteiger partial charge < -0.3 is 14.8 Å². The van der Waals surface area contributed by atoms with Gasteiger partial charge in [0.05, 0.1) is 0 Å². The van der Waals surface area contributed by atoms with E-state index in [1.165, 1.54) is 5.56 Å². The largest absolute Gasteiger partial charge is 0.460 e. The minimum atomic E-state index is -0.274. The van der Waals surface area contributed by atoms with Gasteiger partial charge in [0.2, 0.25) is 0 Å². The molecule has 24 heavy (non-hydrogen) atoms. The van der Waals surface area contributed by atoms with Gasteiger partial charge in [0.1, 0.15) is 11.5 Å². The average molecular weight is 345 g/mol. The normalized spacial score (nSPS) is 12.2. The van der Waals surface area contributed by atoms with Gasteiger partial charge in [0.15, 0.2) is 11.5 Å². The van der Waals surface area contributed by atoms with E-state index in [0.29, 0.717) is 23.7 Å². The van der Waals surface area contributed by atoms with Crippen molar-refractivity contribution >= 4 is 17.2 Å². The second kappa shape index (κ2) is 7.46. The number of nitrogens with zero attached hydrogens (tertiary/aromatic N) is 1. The summed E-state index contributed by atoms with van der Waals surface area (Å²) in [4.78, 5) is 12.2. The van der Waals surface area contributed by atoms with Crippen molar-refractivity contribution in [2.24, 2.45) is 5.92 Å². The number of amides is 1. The van der Waals surface area contributed by atoms with Gasteiger partial charge in [-0.25, -0.2) is 0 Å². The van der Waals surface area contributed by atoms with E-state index in [9.17, 15) is 9.90 Å². The van der Waals surface area contributed by atoms with Crippen LogP contribution in [0.5, 0.6) is 0 Å². The van der Waals surface area contributed by atoms with Crippen LogP contribution in [0.4, 0.5) is 0 Å². The lowest BCUT2D eigenvalue weighted by atomic mass is 10.0. The number of carbonyl (C=O) groups excluding carboxylic acids is 1. The van der Waals surface area contributed by atoms with E-state index >= 15 is 0 Å². The van der Waals surface area contributed by atoms with Crippen LogP contribution in [0.15, 0.2) is 39.4 Å². The molecule has 6 nitrogen and oxygen atoms in total. The van der Waals surface area contributed by atoms with E-state index in [0.717, 1.165) is 12.2 Å². The number of carbonyl (C=O) groups is 1. The van der Waals surface area contributed by atoms with Crippen molar-refractivity contribution in [1.82, 2.24) is 15.5 Å². The zero-order valence-electron chi connectivity index (χ0n) is 13.3. The third-order valence-electron chi connectivity index (χ3n) is 3.73. The molecule has 0 bridgehead atoms. The van der Waals surface area contributed by atoms with Gasteiger partial charge in [0.25, 0.3) is 5.91 Å². The van der Waals surface area contributed by atoms with Gasteiger partial charge in [-0.05, 0) is 47.9 Å². The van der Waals surface area contributed by atoms with Crippen LogP contribution in [0.1, 0.15) is 21.8 Å². The van der Waals surface area contributed by atoms with E-state index in [2.05, 4.69) is 20.9 Å². The summed E-state index contributed by atoms with van der Waals surface area (Å²) in [6.45, 7) is 2.27. The maximum absolute atomic E-state index is 12.2. The lowest BCUT2D eigenvalue weighted by Gasteiger charge is -2.13. The number of aliphatic hydroxyl groups excluding tert-OH is 1. The molecule has 3 heterocycles. The zero-order chi connectivity index (χ0) is 16.9. The molecule has 1 atom stereocenters. The maximum Gasteiger partial charge on any atom is 0.271 e. The predicted octanol–water partition coefficient (Wildman–Crippen LogP) is 2.62. The molecule has 3 N–H and O–H groups in total. The van der Waals surface area contributed by atoms with Crippen LogP contribution in [0.3, 0.4) is 0 Å². The first-order valence-electron chi connectivity index (χ1n) is 7.68. The summed E-state index contributed by atoms with van der Waals surface area (Å²) in [7, 11) is 0. The Bertz CT molecular complexity index is 792. The molecule has 1 amide bonds. The number of nitrogens with one attached hydrogen (secondary N) is 2. The van der Waals surface area contributed by atoms with Crippen molar-refractivity contribution in [1.29, 1.82) is 0 Å². The first-order chi connectivity index (χ1) is 11.7. The van der Waals surface area contributed by atoms with Gasteiger partial charge >= 0.3 is 0 Å². The lowest BCUT2D eigenvalue weighted by Crippen LogP contribution is -2.32. The van der Waals surface area contributed by atoms with E-state index < -0.39 is 0 Å². The zero-order valence-corrected chi connectivity index (χ0v) is 14.1. The van der Waals surface area contributed by atoms with Crippen molar-refractivity contribution < 1.29 is 14.3 Å². The standard InChI is InChI=1S/C17H19N3O3S/c1-11-2-3-16(23-11)14-7-15(20-19-14)17(22)18-8-13(9-21)6-12-4-5-24-10-12/h2-5,7,10,13,21H,6,8-9H2,1H3,(H,18,22)(H,19,20)/t13-/m0/s1. The van der Waals surface area contributed by atoms with Crippen LogP contribution in [0.25, 0.3) is 11.5 Å². The molecule has 0 fully saturated rings. The molecule has 3 aromatic heterocycles. The summed E-state index contributed by atoms with van der Waals surface area (Å²) in [5, 5.41) is 23.2. The predicted molar refractivity (Wildman–Crippen MR) is 92.0 cm³/mol. The molecule has 0 unspecified atom stereocenters. The van der Waals surface area contributed by atoms with Crippen LogP contribution < -0.4 is 5.32 Å². The Morgan fingerprint density at radius 3 is 3.00 bits per heavy atom. The molecule has 126 valence electrons. The van der Waals surface area contributed by atoms with Crippen molar-refractivity contribution in [2.75, 3.05) is 13.2 Å². The molecule has 0 aromatic carbocycles. The minimum Gasteiger partial charge on any atom is -0.460 e. The molecule has 3 rings (SSSR count). The SMILES string of the molecule is Cc1ccc(-c2cc(C(=O)NC[C@@H](CO)Cc3ccsc3)n[nH]2)o1. The van der Waals surface area contributed by atoms with Gasteiger partial charge in [-0.3, -0.25) is 9.89 Å². The molecule has 7 heteroatoms. The fourth-order valence-corrected chi connectivity index (χ4v) is 3.10. The summed E-state index contributed by atoms with van der Waals surface area (Å²) >= 11 is 1.62. The Morgan fingerprint density at radius 1 is 1.46 bits per heavy atom. The first-order valence-corrected chi connectivity index (χ1v) is 8.62. The molecule has 0 aliphatic carbocycles. The lowest BCUT2D eigenvalue weighted by molar-refractivity contribution is 0.0935. The molecular weight excluding hydrogens is 326 g/mol. The van der Waals surface area contributed by atoms with Crippen LogP contribution >= 0.6 is 11.3 Å². The van der Waals surface area contributed by atoms with Crippen molar-refractivity contribution in [2.45, 2.75) is 13.3 Å². The number of furan rings is 1. The molecule has 0 saturated heterocycles. The molecule has 0 aliphatic rings. The number of rotatable bonds is 7. The van der Waals surface area contributed by atoms with Crippen molar-refractivity contribution in [3.8, 4) is 11.5 Å². The van der Waals surface area contributed by atoms with E-state index in [1.807, 2.05) is 30.5 Å². The van der Waals surface area contributed by atoms with Crippen molar-refractivity contribution in [3.63, 3.8) is 0 Å². The van der Waals surface area contributed by atoms with Gasteiger partial charge in [-0.15, -0.1) is 0 Å². The molecule has 3 aromatic rings. The number of aromatic amines is 1. The fourth-order valence-electron chi connectivity index (χ4n) is 2.41. The summed E-state index contributed by atoms with van der Waals surface area (Å²) in [5.74, 6) is 1.15. The Balaban J connectivity index is 1.57. The quantitative estimate of drug-likeness (QED) is 0.614. The number of H-pyrrole nitrogens is 1. The Morgan fingerprint density at radius 2 is 2.33 bits per heavy atom. The van der Waals surface area contributed by atoms with Crippen molar-refractivity contribution in [3.05, 3.63) is 52.0 Å². The monoisotopic (exact) mass is 345 g/mol. The smallest absolute Gasteiger partial charge is 0.271 e. The van der Waals surface area contributed by atoms with Crippen LogP contribution in [0, 0.1) is 12.8 Å². The summed E-state index contributed by atoms with van der Waals surface area (Å²) in [6.07, 6.45) is 0.734. The number of aliphatic hydroxyl groups is 1. The summed E-state index contributed by atoms with van der Waals surface area (Å²) in [5.41, 5.74) is 2.13. The van der Waals surface area contributed by atoms with Crippen LogP contribution in [-0.2, 0) is 6.42 Å². The topological polar surface area (TPSA) is 91.1 Å². The highest BCUT2D eigenvalue weighted by Crippen LogP contribution is 2.20. The summed E-state index contributed by atoms with van der Waals surface area (Å²) < 4.78 is 5.50. The second-order valence-corrected chi connectivity index (χ2v) is 6.45. The first kappa shape index (κ1) is 16.5. The molecule has 0 radical (unpaired) electrons. The number of hydrogen-bond acceptors (Lipinski definition) is 5. The van der Waals surface area contributed by atoms with Crippen LogP contribution in [-0.4, -0.2) is 34.4 Å². The average Bonchev–Trinajstić information content (AvgIpc) is 3.31. The fraction of sp³-hybridized carbons (Fsp3) is 0.294. The number of aromatic nitrogens is 2. The molecule has 0 spiro atoms. The third-order valence-corrected chi connectivity index (χ3v) is 4.46. The molecule has 0 aliphatic heterocycles. The highest BCUT2D eigenvalue weighted by molar-refractivity contribution is 7.07. The molecular formula is C17H19N3O3S. The van der Waals surface area contributed by atoms with Crippen LogP contribution in [0.2, 0.25) is 0 Å². The minimum absolute atomic E-state index is 0.0188. The number of aryl methyl sites for hydroxylation is 1. The highest BCUT2D eigenvalue weighted by atomic mass is 32.1. The van der Waals surface area contributed by atoms with Gasteiger partial charge in [-0.1, -0.05) is 0 Å². The Labute approximate surface area is 143 Å². The van der Waals surface area contributed by atoms with E-state index in [4.69, 9.17) is 4.42 Å². The maximum atomic E-state index is 12.2. The Kier molecular flexibility index (Phi) is 5.12. The van der Waals surface area contributed by atoms with E-state index in [1.54, 1.807) is 17.4 Å². The van der Waals surface area contributed by atoms with E-state index in [-0.39, 0.29) is 18.4 Å². The highest BCUT2D eigenvalue weighted by Gasteiger charge is 2.15. The third kappa shape index (κ3) is 3.93. The summed E-state index contributed by atoms with van der Waals surface area (Å²) in [6, 6.07) is 7.36. The second-order valence-electron chi connectivity index (χ2n) is 5.67. The number of thiophene rings is 1.